The number of aryl methyl sites for hydroxylation is 1. The Morgan fingerprint density at radius 1 is 1.10 bits per heavy atom. The highest BCUT2D eigenvalue weighted by Crippen LogP contribution is 2.61. The maximum Gasteiger partial charge on any atom is 0.410 e. The average molecular weight is 565 g/mol. The van der Waals surface area contributed by atoms with E-state index in [-0.39, 0.29) is 12.1 Å². The highest BCUT2D eigenvalue weighted by atomic mass is 16.6. The molecule has 3 aliphatic carbocycles. The second-order valence-electron chi connectivity index (χ2n) is 13.5. The molecular weight excluding hydrogens is 520 g/mol. The van der Waals surface area contributed by atoms with E-state index in [4.69, 9.17) is 15.5 Å². The summed E-state index contributed by atoms with van der Waals surface area (Å²) in [6.45, 7) is 14.2. The molecular formula is C30H44N8O3. The Balaban J connectivity index is 1.33. The third-order valence-electron chi connectivity index (χ3n) is 9.10. The van der Waals surface area contributed by atoms with E-state index in [0.717, 1.165) is 24.4 Å². The second-order valence-corrected chi connectivity index (χ2v) is 13.5. The van der Waals surface area contributed by atoms with Gasteiger partial charge in [0.2, 0.25) is 23.8 Å². The Kier molecular flexibility index (Phi) is 7.74. The van der Waals surface area contributed by atoms with Crippen LogP contribution in [0.25, 0.3) is 0 Å². The summed E-state index contributed by atoms with van der Waals surface area (Å²) in [5.41, 5.74) is 7.38. The van der Waals surface area contributed by atoms with Crippen molar-refractivity contribution in [2.24, 2.45) is 28.9 Å². The molecule has 2 aromatic rings. The Morgan fingerprint density at radius 2 is 1.83 bits per heavy atom. The summed E-state index contributed by atoms with van der Waals surface area (Å²) >= 11 is 0. The molecule has 2 heterocycles. The van der Waals surface area contributed by atoms with Gasteiger partial charge in [0.1, 0.15) is 5.60 Å². The largest absolute Gasteiger partial charge is 0.444 e. The maximum atomic E-state index is 12.6. The van der Waals surface area contributed by atoms with Crippen molar-refractivity contribution < 1.29 is 14.3 Å². The number of carbonyl (C=O) groups excluding carboxylic acids is 2. The molecule has 4 aliphatic rings. The Morgan fingerprint density at radius 3 is 2.51 bits per heavy atom. The molecule has 0 radical (unpaired) electrons. The minimum absolute atomic E-state index is 0.0309. The van der Waals surface area contributed by atoms with Crippen LogP contribution >= 0.6 is 0 Å². The quantitative estimate of drug-likeness (QED) is 0.350. The van der Waals surface area contributed by atoms with Gasteiger partial charge >= 0.3 is 6.09 Å². The van der Waals surface area contributed by atoms with Gasteiger partial charge in [0.15, 0.2) is 0 Å². The average Bonchev–Trinajstić information content (AvgIpc) is 3.36. The number of nitrogens with two attached hydrogens (primary N) is 1. The van der Waals surface area contributed by atoms with E-state index < -0.39 is 11.5 Å². The van der Waals surface area contributed by atoms with E-state index in [1.54, 1.807) is 17.0 Å². The molecule has 11 heteroatoms. The van der Waals surface area contributed by atoms with Crippen LogP contribution in [0.3, 0.4) is 0 Å². The van der Waals surface area contributed by atoms with Crippen molar-refractivity contribution in [2.45, 2.75) is 78.9 Å². The van der Waals surface area contributed by atoms with Gasteiger partial charge in [-0.3, -0.25) is 4.79 Å². The minimum Gasteiger partial charge on any atom is -0.444 e. The number of nitrogens with one attached hydrogen (secondary N) is 3. The van der Waals surface area contributed by atoms with Crippen molar-refractivity contribution in [1.82, 2.24) is 19.9 Å². The van der Waals surface area contributed by atoms with Crippen LogP contribution in [-0.2, 0) is 4.74 Å². The highest BCUT2D eigenvalue weighted by molar-refractivity contribution is 5.94. The summed E-state index contributed by atoms with van der Waals surface area (Å²) < 4.78 is 5.54. The summed E-state index contributed by atoms with van der Waals surface area (Å²) in [6.07, 6.45) is 4.23. The number of rotatable bonds is 8. The van der Waals surface area contributed by atoms with Crippen LogP contribution in [0.2, 0.25) is 0 Å². The molecule has 11 nitrogen and oxygen atoms in total. The van der Waals surface area contributed by atoms with Crippen LogP contribution in [0, 0.1) is 30.1 Å². The van der Waals surface area contributed by atoms with Gasteiger partial charge in [0.05, 0.1) is 0 Å². The smallest absolute Gasteiger partial charge is 0.410 e. The molecule has 2 bridgehead atoms. The number of hydrogen-bond donors (Lipinski definition) is 4. The van der Waals surface area contributed by atoms with E-state index in [9.17, 15) is 9.59 Å². The van der Waals surface area contributed by atoms with Gasteiger partial charge in [-0.05, 0) is 94.2 Å². The summed E-state index contributed by atoms with van der Waals surface area (Å²) in [4.78, 5) is 40.1. The van der Waals surface area contributed by atoms with Crippen LogP contribution in [0.15, 0.2) is 18.2 Å². The summed E-state index contributed by atoms with van der Waals surface area (Å²) in [5.74, 6) is 2.88. The predicted octanol–water partition coefficient (Wildman–Crippen LogP) is 4.93. The van der Waals surface area contributed by atoms with Crippen molar-refractivity contribution >= 4 is 35.5 Å². The fraction of sp³-hybridized carbons (Fsp3) is 0.633. The minimum atomic E-state index is -0.546. The first-order chi connectivity index (χ1) is 19.3. The van der Waals surface area contributed by atoms with E-state index in [2.05, 4.69) is 39.8 Å². The van der Waals surface area contributed by atoms with Crippen molar-refractivity contribution in [2.75, 3.05) is 35.6 Å². The van der Waals surface area contributed by atoms with E-state index in [0.29, 0.717) is 59.4 Å². The first-order valence-corrected chi connectivity index (χ1v) is 14.7. The monoisotopic (exact) mass is 564 g/mol. The van der Waals surface area contributed by atoms with Crippen LogP contribution < -0.4 is 21.7 Å². The van der Waals surface area contributed by atoms with Gasteiger partial charge in [-0.2, -0.15) is 15.0 Å². The van der Waals surface area contributed by atoms with Crippen molar-refractivity contribution in [3.05, 3.63) is 29.3 Å². The molecule has 4 atom stereocenters. The molecule has 2 amide bonds. The van der Waals surface area contributed by atoms with E-state index in [1.807, 2.05) is 33.8 Å². The van der Waals surface area contributed by atoms with Gasteiger partial charge in [0, 0.05) is 36.9 Å². The number of benzene rings is 1. The lowest BCUT2D eigenvalue weighted by Crippen LogP contribution is -2.53. The summed E-state index contributed by atoms with van der Waals surface area (Å²) in [5, 5.41) is 10.2. The lowest BCUT2D eigenvalue weighted by molar-refractivity contribution is -0.100. The zero-order valence-electron chi connectivity index (χ0n) is 25.1. The van der Waals surface area contributed by atoms with Gasteiger partial charge in [-0.25, -0.2) is 4.79 Å². The van der Waals surface area contributed by atoms with E-state index >= 15 is 0 Å². The fourth-order valence-corrected chi connectivity index (χ4v) is 6.59. The normalized spacial score (nSPS) is 24.8. The van der Waals surface area contributed by atoms with Gasteiger partial charge in [-0.1, -0.05) is 19.9 Å². The Hall–Kier alpha value is -3.63. The molecule has 1 aromatic heterocycles. The molecule has 1 aliphatic heterocycles. The molecule has 222 valence electrons. The number of ether oxygens (including phenoxy) is 1. The zero-order valence-corrected chi connectivity index (χ0v) is 25.1. The number of fused-ring (bicyclic) bond motifs is 2. The Bertz CT molecular complexity index is 1310. The molecule has 5 N–H and O–H groups in total. The number of carbonyl (C=O) groups is 2. The highest BCUT2D eigenvalue weighted by Gasteiger charge is 2.53. The number of anilines is 4. The van der Waals surface area contributed by atoms with Gasteiger partial charge in [-0.15, -0.1) is 0 Å². The van der Waals surface area contributed by atoms with E-state index in [1.165, 1.54) is 19.3 Å². The summed E-state index contributed by atoms with van der Waals surface area (Å²) in [6, 6.07) is 5.21. The molecule has 6 rings (SSSR count). The van der Waals surface area contributed by atoms with Crippen LogP contribution in [0.5, 0.6) is 0 Å². The van der Waals surface area contributed by atoms with Crippen molar-refractivity contribution in [3.8, 4) is 0 Å². The third kappa shape index (κ3) is 6.49. The van der Waals surface area contributed by atoms with Gasteiger partial charge < -0.3 is 31.3 Å². The lowest BCUT2D eigenvalue weighted by atomic mass is 9.45. The number of amides is 2. The Labute approximate surface area is 242 Å². The molecule has 41 heavy (non-hydrogen) atoms. The zero-order chi connectivity index (χ0) is 29.5. The molecule has 4 fully saturated rings. The standard InChI is InChI=1S/C30H44N8O3/c1-17-7-8-18(24(31)39)13-23(17)34-27-36-25(32-15-19-9-10-20-14-22(19)30(20,5)6)35-26(37-27)33-21-11-12-38(16-21)28(40)41-29(2,3)4/h7-8,13,19-22H,9-12,14-16H2,1-6H3,(H2,31,39)(H3,32,33,34,35,36,37)/t19-,20-,21+,22-/m0/s1. The summed E-state index contributed by atoms with van der Waals surface area (Å²) in [7, 11) is 0. The first kappa shape index (κ1) is 28.9. The molecule has 3 saturated carbocycles. The number of hydrogen-bond acceptors (Lipinski definition) is 9. The molecule has 1 saturated heterocycles. The number of primary amides is 1. The first-order valence-electron chi connectivity index (χ1n) is 14.7. The van der Waals surface area contributed by atoms with Gasteiger partial charge in [0.25, 0.3) is 0 Å². The maximum absolute atomic E-state index is 12.6. The molecule has 0 unspecified atom stereocenters. The third-order valence-corrected chi connectivity index (χ3v) is 9.10. The lowest BCUT2D eigenvalue weighted by Gasteiger charge is -2.60. The van der Waals surface area contributed by atoms with Crippen LogP contribution in [0.4, 0.5) is 28.3 Å². The molecule has 0 spiro atoms. The predicted molar refractivity (Wildman–Crippen MR) is 159 cm³/mol. The topological polar surface area (TPSA) is 147 Å². The number of likely N-dealkylation sites (tertiary alicyclic amines) is 1. The van der Waals surface area contributed by atoms with Crippen molar-refractivity contribution in [3.63, 3.8) is 0 Å². The van der Waals surface area contributed by atoms with Crippen LogP contribution in [0.1, 0.15) is 76.2 Å². The second kappa shape index (κ2) is 11.0. The SMILES string of the molecule is Cc1ccc(C(N)=O)cc1Nc1nc(NC[C@@H]2CC[C@H]3C[C@@H]2C3(C)C)nc(N[C@@H]2CCN(C(=O)OC(C)(C)C)C2)n1. The number of aromatic nitrogens is 3. The van der Waals surface area contributed by atoms with Crippen molar-refractivity contribution in [1.29, 1.82) is 0 Å². The number of nitrogens with zero attached hydrogens (tertiary/aromatic N) is 4. The molecule has 1 aromatic carbocycles. The fourth-order valence-electron chi connectivity index (χ4n) is 6.59. The van der Waals surface area contributed by atoms with Crippen LogP contribution in [-0.4, -0.2) is 63.1 Å².